The predicted molar refractivity (Wildman–Crippen MR) is 69.0 cm³/mol. The molecule has 94 valence electrons. The van der Waals surface area contributed by atoms with Crippen LogP contribution in [0.25, 0.3) is 0 Å². The van der Waals surface area contributed by atoms with E-state index < -0.39 is 0 Å². The van der Waals surface area contributed by atoms with Crippen LogP contribution in [0.3, 0.4) is 0 Å². The van der Waals surface area contributed by atoms with E-state index >= 15 is 0 Å². The van der Waals surface area contributed by atoms with Crippen LogP contribution in [0.2, 0.25) is 0 Å². The molecule has 0 amide bonds. The third kappa shape index (κ3) is 2.25. The molecule has 1 saturated heterocycles. The molecule has 2 N–H and O–H groups in total. The van der Waals surface area contributed by atoms with E-state index in [4.69, 9.17) is 4.74 Å². The molecular weight excluding hydrogens is 214 g/mol. The maximum atomic E-state index is 10.4. The van der Waals surface area contributed by atoms with E-state index in [0.29, 0.717) is 17.4 Å². The van der Waals surface area contributed by atoms with Crippen molar-refractivity contribution in [3.63, 3.8) is 0 Å². The first-order chi connectivity index (χ1) is 8.15. The maximum absolute atomic E-state index is 10.4. The zero-order valence-electron chi connectivity index (χ0n) is 10.8. The summed E-state index contributed by atoms with van der Waals surface area (Å²) < 4.78 is 5.30. The van der Waals surface area contributed by atoms with Gasteiger partial charge in [0, 0.05) is 5.56 Å². The number of ether oxygens (including phenoxy) is 1. The highest BCUT2D eigenvalue weighted by Crippen LogP contribution is 2.42. The molecule has 0 aliphatic carbocycles. The summed E-state index contributed by atoms with van der Waals surface area (Å²) in [6.07, 6.45) is 2.17. The fraction of sp³-hybridized carbons (Fsp3) is 0.571. The van der Waals surface area contributed by atoms with Crippen molar-refractivity contribution in [1.82, 2.24) is 5.32 Å². The van der Waals surface area contributed by atoms with Crippen molar-refractivity contribution in [2.75, 3.05) is 20.2 Å². The molecule has 0 aromatic heterocycles. The summed E-state index contributed by atoms with van der Waals surface area (Å²) >= 11 is 0. The van der Waals surface area contributed by atoms with Crippen LogP contribution in [-0.2, 0) is 0 Å². The number of hydrogen-bond acceptors (Lipinski definition) is 3. The van der Waals surface area contributed by atoms with Gasteiger partial charge in [-0.1, -0.05) is 6.07 Å². The van der Waals surface area contributed by atoms with Crippen LogP contribution in [0.5, 0.6) is 11.5 Å². The molecule has 0 bridgehead atoms. The van der Waals surface area contributed by atoms with Crippen LogP contribution >= 0.6 is 0 Å². The minimum absolute atomic E-state index is 0.344. The summed E-state index contributed by atoms with van der Waals surface area (Å²) in [6, 6.07) is 2.11. The third-order valence-electron chi connectivity index (χ3n) is 3.64. The van der Waals surface area contributed by atoms with Crippen LogP contribution in [0.15, 0.2) is 6.07 Å². The van der Waals surface area contributed by atoms with Gasteiger partial charge in [0.2, 0.25) is 0 Å². The average Bonchev–Trinajstić information content (AvgIpc) is 2.30. The highest BCUT2D eigenvalue weighted by molar-refractivity contribution is 5.55. The average molecular weight is 235 g/mol. The number of methoxy groups -OCH3 is 1. The highest BCUT2D eigenvalue weighted by atomic mass is 16.5. The quantitative estimate of drug-likeness (QED) is 0.827. The number of piperidine rings is 1. The summed E-state index contributed by atoms with van der Waals surface area (Å²) in [4.78, 5) is 0. The summed E-state index contributed by atoms with van der Waals surface area (Å²) in [5, 5.41) is 13.7. The van der Waals surface area contributed by atoms with Gasteiger partial charge in [0.1, 0.15) is 0 Å². The van der Waals surface area contributed by atoms with Gasteiger partial charge < -0.3 is 15.2 Å². The Morgan fingerprint density at radius 3 is 2.47 bits per heavy atom. The predicted octanol–water partition coefficient (Wildman–Crippen LogP) is 2.48. The molecule has 1 heterocycles. The zero-order valence-corrected chi connectivity index (χ0v) is 10.8. The first kappa shape index (κ1) is 12.2. The van der Waals surface area contributed by atoms with Gasteiger partial charge in [-0.15, -0.1) is 0 Å². The Morgan fingerprint density at radius 1 is 1.24 bits per heavy atom. The Kier molecular flexibility index (Phi) is 3.57. The second-order valence-electron chi connectivity index (χ2n) is 4.83. The largest absolute Gasteiger partial charge is 0.504 e. The fourth-order valence-corrected chi connectivity index (χ4v) is 2.85. The van der Waals surface area contributed by atoms with Gasteiger partial charge in [-0.05, 0) is 56.8 Å². The second-order valence-corrected chi connectivity index (χ2v) is 4.83. The van der Waals surface area contributed by atoms with Crippen LogP contribution < -0.4 is 10.1 Å². The number of phenols is 1. The molecule has 0 radical (unpaired) electrons. The van der Waals surface area contributed by atoms with E-state index in [9.17, 15) is 5.11 Å². The van der Waals surface area contributed by atoms with Gasteiger partial charge in [-0.25, -0.2) is 0 Å². The van der Waals surface area contributed by atoms with E-state index in [1.165, 1.54) is 5.56 Å². The SMILES string of the molecule is COc1c(C)cc(C)c(C2CCNCC2)c1O. The Hall–Kier alpha value is -1.22. The van der Waals surface area contributed by atoms with Gasteiger partial charge in [0.25, 0.3) is 0 Å². The van der Waals surface area contributed by atoms with Gasteiger partial charge in [-0.3, -0.25) is 0 Å². The Balaban J connectivity index is 2.44. The van der Waals surface area contributed by atoms with Crippen LogP contribution in [0.1, 0.15) is 35.4 Å². The van der Waals surface area contributed by atoms with E-state index in [0.717, 1.165) is 37.1 Å². The lowest BCUT2D eigenvalue weighted by Crippen LogP contribution is -2.27. The monoisotopic (exact) mass is 235 g/mol. The fourth-order valence-electron chi connectivity index (χ4n) is 2.85. The van der Waals surface area contributed by atoms with Crippen LogP contribution in [0, 0.1) is 13.8 Å². The second kappa shape index (κ2) is 4.96. The Morgan fingerprint density at radius 2 is 1.88 bits per heavy atom. The van der Waals surface area contributed by atoms with Crippen LogP contribution in [-0.4, -0.2) is 25.3 Å². The lowest BCUT2D eigenvalue weighted by molar-refractivity contribution is 0.360. The van der Waals surface area contributed by atoms with E-state index in [1.807, 2.05) is 6.92 Å². The third-order valence-corrected chi connectivity index (χ3v) is 3.64. The van der Waals surface area contributed by atoms with Gasteiger partial charge in [0.05, 0.1) is 7.11 Å². The smallest absolute Gasteiger partial charge is 0.163 e. The number of nitrogens with one attached hydrogen (secondary N) is 1. The Labute approximate surface area is 103 Å². The number of aromatic hydroxyl groups is 1. The first-order valence-electron chi connectivity index (χ1n) is 6.23. The lowest BCUT2D eigenvalue weighted by Gasteiger charge is -2.26. The minimum atomic E-state index is 0.344. The molecule has 2 rings (SSSR count). The summed E-state index contributed by atoms with van der Waals surface area (Å²) in [6.45, 7) is 6.10. The number of hydrogen-bond donors (Lipinski definition) is 2. The lowest BCUT2D eigenvalue weighted by atomic mass is 9.85. The number of phenolic OH excluding ortho intramolecular Hbond substituents is 1. The van der Waals surface area contributed by atoms with Crippen molar-refractivity contribution in [2.24, 2.45) is 0 Å². The topological polar surface area (TPSA) is 41.5 Å². The van der Waals surface area contributed by atoms with Gasteiger partial charge in [-0.2, -0.15) is 0 Å². The van der Waals surface area contributed by atoms with Crippen LogP contribution in [0.4, 0.5) is 0 Å². The normalized spacial score (nSPS) is 17.1. The van der Waals surface area contributed by atoms with Crippen molar-refractivity contribution in [1.29, 1.82) is 0 Å². The molecule has 0 spiro atoms. The van der Waals surface area contributed by atoms with E-state index in [2.05, 4.69) is 18.3 Å². The Bertz CT molecular complexity index is 409. The molecule has 0 saturated carbocycles. The molecule has 1 aliphatic rings. The van der Waals surface area contributed by atoms with Crippen molar-refractivity contribution in [3.8, 4) is 11.5 Å². The van der Waals surface area contributed by atoms with E-state index in [1.54, 1.807) is 7.11 Å². The van der Waals surface area contributed by atoms with E-state index in [-0.39, 0.29) is 0 Å². The molecule has 3 nitrogen and oxygen atoms in total. The molecule has 3 heteroatoms. The zero-order chi connectivity index (χ0) is 12.4. The van der Waals surface area contributed by atoms with Crippen molar-refractivity contribution in [3.05, 3.63) is 22.8 Å². The highest BCUT2D eigenvalue weighted by Gasteiger charge is 2.23. The summed E-state index contributed by atoms with van der Waals surface area (Å²) in [5.41, 5.74) is 3.25. The number of aryl methyl sites for hydroxylation is 2. The molecule has 0 atom stereocenters. The van der Waals surface area contributed by atoms with Crippen molar-refractivity contribution >= 4 is 0 Å². The summed E-state index contributed by atoms with van der Waals surface area (Å²) in [7, 11) is 1.61. The number of benzene rings is 1. The minimum Gasteiger partial charge on any atom is -0.504 e. The molecule has 17 heavy (non-hydrogen) atoms. The first-order valence-corrected chi connectivity index (χ1v) is 6.23. The molecule has 1 fully saturated rings. The summed E-state index contributed by atoms with van der Waals surface area (Å²) in [5.74, 6) is 1.42. The molecule has 1 aromatic rings. The standard InChI is InChI=1S/C14H21NO2/c1-9-8-10(2)14(17-3)13(16)12(9)11-4-6-15-7-5-11/h8,11,15-16H,4-7H2,1-3H3. The van der Waals surface area contributed by atoms with Gasteiger partial charge in [0.15, 0.2) is 11.5 Å². The number of rotatable bonds is 2. The molecule has 1 aromatic carbocycles. The maximum Gasteiger partial charge on any atom is 0.163 e. The molecule has 0 unspecified atom stereocenters. The molecule has 1 aliphatic heterocycles. The van der Waals surface area contributed by atoms with Crippen molar-refractivity contribution in [2.45, 2.75) is 32.6 Å². The van der Waals surface area contributed by atoms with Crippen molar-refractivity contribution < 1.29 is 9.84 Å². The van der Waals surface area contributed by atoms with Gasteiger partial charge >= 0.3 is 0 Å². The molecular formula is C14H21NO2.